The second-order valence-electron chi connectivity index (χ2n) is 5.52. The average molecular weight is 354 g/mol. The number of benzene rings is 2. The molecule has 7 heteroatoms. The topological polar surface area (TPSA) is 66.9 Å². The van der Waals surface area contributed by atoms with Crippen LogP contribution in [0, 0.1) is 11.6 Å². The molecule has 1 amide bonds. The molecule has 1 aromatic heterocycles. The summed E-state index contributed by atoms with van der Waals surface area (Å²) in [5.41, 5.74) is 0.640. The average Bonchev–Trinajstić information content (AvgIpc) is 2.66. The summed E-state index contributed by atoms with van der Waals surface area (Å²) in [5.74, 6) is -1.94. The number of rotatable bonds is 6. The fraction of sp³-hybridized carbons (Fsp3) is 0.105. The number of hydrogen-bond acceptors (Lipinski definition) is 4. The number of carbonyl (C=O) groups is 1. The van der Waals surface area contributed by atoms with Gasteiger partial charge in [-0.3, -0.25) is 4.79 Å². The largest absolute Gasteiger partial charge is 0.368 e. The second kappa shape index (κ2) is 8.15. The maximum atomic E-state index is 13.6. The van der Waals surface area contributed by atoms with Crippen LogP contribution >= 0.6 is 0 Å². The predicted molar refractivity (Wildman–Crippen MR) is 95.0 cm³/mol. The quantitative estimate of drug-likeness (QED) is 0.709. The third-order valence-electron chi connectivity index (χ3n) is 3.66. The smallest absolute Gasteiger partial charge is 0.276 e. The summed E-state index contributed by atoms with van der Waals surface area (Å²) >= 11 is 0. The Morgan fingerprint density at radius 2 is 1.62 bits per heavy atom. The van der Waals surface area contributed by atoms with E-state index in [4.69, 9.17) is 0 Å². The third kappa shape index (κ3) is 4.38. The van der Waals surface area contributed by atoms with E-state index in [9.17, 15) is 13.6 Å². The summed E-state index contributed by atoms with van der Waals surface area (Å²) in [7, 11) is 0. The molecule has 0 fully saturated rings. The van der Waals surface area contributed by atoms with Crippen LogP contribution in [0.3, 0.4) is 0 Å². The highest BCUT2D eigenvalue weighted by molar-refractivity contribution is 6.02. The van der Waals surface area contributed by atoms with E-state index in [1.807, 2.05) is 30.3 Å². The van der Waals surface area contributed by atoms with Gasteiger partial charge in [0.2, 0.25) is 0 Å². The minimum absolute atomic E-state index is 0.0405. The number of nitrogens with zero attached hydrogens (tertiary/aromatic N) is 2. The van der Waals surface area contributed by atoms with E-state index in [2.05, 4.69) is 20.8 Å². The van der Waals surface area contributed by atoms with Crippen LogP contribution in [0.2, 0.25) is 0 Å². The molecule has 26 heavy (non-hydrogen) atoms. The number of para-hydroxylation sites is 1. The first-order chi connectivity index (χ1) is 12.6. The van der Waals surface area contributed by atoms with Gasteiger partial charge >= 0.3 is 0 Å². The molecule has 5 nitrogen and oxygen atoms in total. The number of carbonyl (C=O) groups excluding carboxylic acids is 1. The molecule has 0 spiro atoms. The molecule has 0 aliphatic rings. The molecule has 0 saturated heterocycles. The van der Waals surface area contributed by atoms with Crippen LogP contribution in [0.4, 0.5) is 20.3 Å². The molecule has 0 aliphatic heterocycles. The summed E-state index contributed by atoms with van der Waals surface area (Å²) in [5, 5.41) is 13.0. The predicted octanol–water partition coefficient (Wildman–Crippen LogP) is 3.66. The SMILES string of the molecule is O=C(Nc1c(F)cccc1F)c1ccc(NCCc2ccccc2)nn1. The van der Waals surface area contributed by atoms with Crippen molar-refractivity contribution in [3.05, 3.63) is 83.6 Å². The molecular weight excluding hydrogens is 338 g/mol. The highest BCUT2D eigenvalue weighted by atomic mass is 19.1. The summed E-state index contributed by atoms with van der Waals surface area (Å²) in [4.78, 5) is 12.1. The van der Waals surface area contributed by atoms with Crippen LogP contribution in [-0.2, 0) is 6.42 Å². The van der Waals surface area contributed by atoms with Crippen molar-refractivity contribution in [2.24, 2.45) is 0 Å². The van der Waals surface area contributed by atoms with E-state index < -0.39 is 23.2 Å². The summed E-state index contributed by atoms with van der Waals surface area (Å²) in [6.07, 6.45) is 0.817. The van der Waals surface area contributed by atoms with Gasteiger partial charge in [-0.15, -0.1) is 10.2 Å². The number of amides is 1. The van der Waals surface area contributed by atoms with Crippen molar-refractivity contribution in [2.75, 3.05) is 17.2 Å². The van der Waals surface area contributed by atoms with Crippen molar-refractivity contribution in [2.45, 2.75) is 6.42 Å². The lowest BCUT2D eigenvalue weighted by Gasteiger charge is -2.08. The molecule has 1 heterocycles. The van der Waals surface area contributed by atoms with Crippen LogP contribution in [0.25, 0.3) is 0 Å². The molecule has 0 radical (unpaired) electrons. The molecule has 2 aromatic carbocycles. The molecule has 3 aromatic rings. The van der Waals surface area contributed by atoms with Crippen LogP contribution in [0.1, 0.15) is 16.1 Å². The van der Waals surface area contributed by atoms with Crippen molar-refractivity contribution in [1.82, 2.24) is 10.2 Å². The van der Waals surface area contributed by atoms with Gasteiger partial charge in [0.05, 0.1) is 0 Å². The van der Waals surface area contributed by atoms with E-state index in [0.29, 0.717) is 12.4 Å². The lowest BCUT2D eigenvalue weighted by Crippen LogP contribution is -2.17. The molecule has 0 saturated carbocycles. The Morgan fingerprint density at radius 1 is 0.885 bits per heavy atom. The van der Waals surface area contributed by atoms with Gasteiger partial charge in [-0.1, -0.05) is 36.4 Å². The minimum Gasteiger partial charge on any atom is -0.368 e. The fourth-order valence-electron chi connectivity index (χ4n) is 2.32. The minimum atomic E-state index is -0.856. The first-order valence-electron chi connectivity index (χ1n) is 8.00. The Balaban J connectivity index is 1.57. The van der Waals surface area contributed by atoms with Crippen LogP contribution in [0.5, 0.6) is 0 Å². The Morgan fingerprint density at radius 3 is 2.27 bits per heavy atom. The van der Waals surface area contributed by atoms with Gasteiger partial charge in [-0.2, -0.15) is 0 Å². The highest BCUT2D eigenvalue weighted by Crippen LogP contribution is 2.18. The normalized spacial score (nSPS) is 10.4. The van der Waals surface area contributed by atoms with Gasteiger partial charge in [-0.05, 0) is 36.2 Å². The molecular formula is C19H16F2N4O. The maximum Gasteiger partial charge on any atom is 0.276 e. The number of nitrogens with one attached hydrogen (secondary N) is 2. The van der Waals surface area contributed by atoms with E-state index in [1.165, 1.54) is 17.7 Å². The van der Waals surface area contributed by atoms with E-state index in [-0.39, 0.29) is 5.69 Å². The zero-order chi connectivity index (χ0) is 18.4. The Labute approximate surface area is 149 Å². The van der Waals surface area contributed by atoms with Crippen LogP contribution in [0.15, 0.2) is 60.7 Å². The van der Waals surface area contributed by atoms with E-state index in [1.54, 1.807) is 6.07 Å². The first-order valence-corrected chi connectivity index (χ1v) is 8.00. The number of hydrogen-bond donors (Lipinski definition) is 2. The van der Waals surface area contributed by atoms with Crippen molar-refractivity contribution in [3.63, 3.8) is 0 Å². The summed E-state index contributed by atoms with van der Waals surface area (Å²) < 4.78 is 27.1. The Hall–Kier alpha value is -3.35. The Kier molecular flexibility index (Phi) is 5.48. The molecule has 0 atom stereocenters. The molecule has 3 rings (SSSR count). The van der Waals surface area contributed by atoms with Gasteiger partial charge in [-0.25, -0.2) is 8.78 Å². The summed E-state index contributed by atoms with van der Waals surface area (Å²) in [6.45, 7) is 0.657. The third-order valence-corrected chi connectivity index (χ3v) is 3.66. The van der Waals surface area contributed by atoms with E-state index in [0.717, 1.165) is 18.6 Å². The molecule has 0 unspecified atom stereocenters. The molecule has 0 bridgehead atoms. The number of aromatic nitrogens is 2. The maximum absolute atomic E-state index is 13.6. The Bertz CT molecular complexity index is 866. The zero-order valence-corrected chi connectivity index (χ0v) is 13.7. The highest BCUT2D eigenvalue weighted by Gasteiger charge is 2.14. The summed E-state index contributed by atoms with van der Waals surface area (Å²) in [6, 6.07) is 16.3. The van der Waals surface area contributed by atoms with Gasteiger partial charge < -0.3 is 10.6 Å². The number of halogens is 2. The van der Waals surface area contributed by atoms with Crippen LogP contribution < -0.4 is 10.6 Å². The van der Waals surface area contributed by atoms with Crippen molar-refractivity contribution in [3.8, 4) is 0 Å². The zero-order valence-electron chi connectivity index (χ0n) is 13.7. The molecule has 132 valence electrons. The lowest BCUT2D eigenvalue weighted by molar-refractivity contribution is 0.102. The monoisotopic (exact) mass is 354 g/mol. The van der Waals surface area contributed by atoms with Gasteiger partial charge in [0, 0.05) is 6.54 Å². The van der Waals surface area contributed by atoms with E-state index >= 15 is 0 Å². The van der Waals surface area contributed by atoms with Crippen molar-refractivity contribution >= 4 is 17.4 Å². The van der Waals surface area contributed by atoms with Crippen molar-refractivity contribution < 1.29 is 13.6 Å². The van der Waals surface area contributed by atoms with Crippen molar-refractivity contribution in [1.29, 1.82) is 0 Å². The van der Waals surface area contributed by atoms with Gasteiger partial charge in [0.15, 0.2) is 5.69 Å². The first kappa shape index (κ1) is 17.5. The van der Waals surface area contributed by atoms with Gasteiger partial charge in [0.25, 0.3) is 5.91 Å². The molecule has 0 aliphatic carbocycles. The standard InChI is InChI=1S/C19H16F2N4O/c20-14-7-4-8-15(21)18(14)23-19(26)16-9-10-17(25-24-16)22-12-11-13-5-2-1-3-6-13/h1-10H,11-12H2,(H,22,25)(H,23,26). The molecule has 2 N–H and O–H groups in total. The lowest BCUT2D eigenvalue weighted by atomic mass is 10.1. The van der Waals surface area contributed by atoms with Gasteiger partial charge in [0.1, 0.15) is 23.1 Å². The second-order valence-corrected chi connectivity index (χ2v) is 5.52. The van der Waals surface area contributed by atoms with Crippen LogP contribution in [-0.4, -0.2) is 22.6 Å². The number of anilines is 2. The fourth-order valence-corrected chi connectivity index (χ4v) is 2.32.